The van der Waals surface area contributed by atoms with E-state index in [1.807, 2.05) is 23.9 Å². The largest absolute Gasteiger partial charge is 0.378 e. The standard InChI is InChI=1S/C14H25N3O3/c1-15(2)4-3-5-17-11-12(10-13(17)18)14(19)16-6-8-20-9-7-16/h12H,3-11H2,1-2H3. The highest BCUT2D eigenvalue weighted by Gasteiger charge is 2.36. The minimum Gasteiger partial charge on any atom is -0.378 e. The Bertz CT molecular complexity index is 354. The van der Waals surface area contributed by atoms with Crippen LogP contribution in [0.1, 0.15) is 12.8 Å². The third-order valence-corrected chi connectivity index (χ3v) is 3.92. The molecule has 0 radical (unpaired) electrons. The molecule has 1 atom stereocenters. The maximum Gasteiger partial charge on any atom is 0.228 e. The van der Waals surface area contributed by atoms with Crippen LogP contribution in [0.3, 0.4) is 0 Å². The molecule has 0 aliphatic carbocycles. The molecule has 6 nitrogen and oxygen atoms in total. The molecule has 2 rings (SSSR count). The molecule has 1 unspecified atom stereocenters. The fraction of sp³-hybridized carbons (Fsp3) is 0.857. The molecule has 0 aromatic heterocycles. The Morgan fingerprint density at radius 2 is 2.05 bits per heavy atom. The summed E-state index contributed by atoms with van der Waals surface area (Å²) < 4.78 is 5.25. The summed E-state index contributed by atoms with van der Waals surface area (Å²) in [6, 6.07) is 0. The predicted molar refractivity (Wildman–Crippen MR) is 75.3 cm³/mol. The number of hydrogen-bond donors (Lipinski definition) is 0. The van der Waals surface area contributed by atoms with Gasteiger partial charge in [0.25, 0.3) is 0 Å². The molecule has 0 aromatic rings. The molecule has 2 saturated heterocycles. The topological polar surface area (TPSA) is 53.1 Å². The summed E-state index contributed by atoms with van der Waals surface area (Å²) in [5.41, 5.74) is 0. The van der Waals surface area contributed by atoms with E-state index in [1.54, 1.807) is 0 Å². The van der Waals surface area contributed by atoms with Gasteiger partial charge < -0.3 is 19.4 Å². The first-order valence-electron chi connectivity index (χ1n) is 7.37. The Labute approximate surface area is 120 Å². The van der Waals surface area contributed by atoms with Crippen LogP contribution in [-0.2, 0) is 14.3 Å². The number of carbonyl (C=O) groups is 2. The van der Waals surface area contributed by atoms with E-state index in [-0.39, 0.29) is 17.7 Å². The van der Waals surface area contributed by atoms with Gasteiger partial charge in [-0.3, -0.25) is 9.59 Å². The molecule has 0 N–H and O–H groups in total. The Hall–Kier alpha value is -1.14. The van der Waals surface area contributed by atoms with E-state index in [9.17, 15) is 9.59 Å². The van der Waals surface area contributed by atoms with Gasteiger partial charge in [0.2, 0.25) is 11.8 Å². The van der Waals surface area contributed by atoms with Crippen molar-refractivity contribution in [2.24, 2.45) is 5.92 Å². The van der Waals surface area contributed by atoms with E-state index in [1.165, 1.54) is 0 Å². The molecule has 0 saturated carbocycles. The Kier molecular flexibility index (Phi) is 5.37. The first-order valence-corrected chi connectivity index (χ1v) is 7.37. The van der Waals surface area contributed by atoms with Crippen molar-refractivity contribution < 1.29 is 14.3 Å². The number of hydrogen-bond acceptors (Lipinski definition) is 4. The first-order chi connectivity index (χ1) is 9.58. The summed E-state index contributed by atoms with van der Waals surface area (Å²) >= 11 is 0. The Morgan fingerprint density at radius 3 is 2.70 bits per heavy atom. The molecule has 2 amide bonds. The van der Waals surface area contributed by atoms with Crippen LogP contribution in [0.4, 0.5) is 0 Å². The van der Waals surface area contributed by atoms with Crippen LogP contribution in [0.2, 0.25) is 0 Å². The van der Waals surface area contributed by atoms with Crippen LogP contribution < -0.4 is 0 Å². The smallest absolute Gasteiger partial charge is 0.228 e. The SMILES string of the molecule is CN(C)CCCN1CC(C(=O)N2CCOCC2)CC1=O. The molecule has 2 heterocycles. The summed E-state index contributed by atoms with van der Waals surface area (Å²) in [6.45, 7) is 4.84. The van der Waals surface area contributed by atoms with Crippen molar-refractivity contribution in [1.29, 1.82) is 0 Å². The normalized spacial score (nSPS) is 23.8. The summed E-state index contributed by atoms with van der Waals surface area (Å²) in [5, 5.41) is 0. The van der Waals surface area contributed by atoms with Crippen LogP contribution in [0.15, 0.2) is 0 Å². The van der Waals surface area contributed by atoms with Crippen molar-refractivity contribution in [2.75, 3.05) is 60.0 Å². The second-order valence-electron chi connectivity index (χ2n) is 5.84. The summed E-state index contributed by atoms with van der Waals surface area (Å²) in [5.74, 6) is 0.0899. The minimum absolute atomic E-state index is 0.121. The summed E-state index contributed by atoms with van der Waals surface area (Å²) in [4.78, 5) is 30.1. The molecule has 2 aliphatic rings. The third-order valence-electron chi connectivity index (χ3n) is 3.92. The Balaban J connectivity index is 1.80. The van der Waals surface area contributed by atoms with E-state index in [0.717, 1.165) is 19.5 Å². The fourth-order valence-electron chi connectivity index (χ4n) is 2.77. The van der Waals surface area contributed by atoms with Crippen LogP contribution in [0.5, 0.6) is 0 Å². The molecule has 2 fully saturated rings. The van der Waals surface area contributed by atoms with Crippen molar-refractivity contribution in [3.63, 3.8) is 0 Å². The van der Waals surface area contributed by atoms with Crippen molar-refractivity contribution in [3.05, 3.63) is 0 Å². The number of carbonyl (C=O) groups excluding carboxylic acids is 2. The second kappa shape index (κ2) is 7.04. The highest BCUT2D eigenvalue weighted by molar-refractivity contribution is 5.89. The molecule has 2 aliphatic heterocycles. The van der Waals surface area contributed by atoms with E-state index >= 15 is 0 Å². The van der Waals surface area contributed by atoms with E-state index < -0.39 is 0 Å². The van der Waals surface area contributed by atoms with Crippen LogP contribution in [-0.4, -0.2) is 86.5 Å². The van der Waals surface area contributed by atoms with Gasteiger partial charge in [0.1, 0.15) is 0 Å². The van der Waals surface area contributed by atoms with Crippen LogP contribution in [0.25, 0.3) is 0 Å². The van der Waals surface area contributed by atoms with Gasteiger partial charge in [-0.25, -0.2) is 0 Å². The highest BCUT2D eigenvalue weighted by atomic mass is 16.5. The van der Waals surface area contributed by atoms with E-state index in [0.29, 0.717) is 39.3 Å². The van der Waals surface area contributed by atoms with E-state index in [4.69, 9.17) is 4.74 Å². The van der Waals surface area contributed by atoms with Gasteiger partial charge in [0.15, 0.2) is 0 Å². The lowest BCUT2D eigenvalue weighted by molar-refractivity contribution is -0.139. The van der Waals surface area contributed by atoms with Crippen molar-refractivity contribution in [2.45, 2.75) is 12.8 Å². The van der Waals surface area contributed by atoms with Crippen molar-refractivity contribution >= 4 is 11.8 Å². The first kappa shape index (κ1) is 15.3. The second-order valence-corrected chi connectivity index (χ2v) is 5.84. The van der Waals surface area contributed by atoms with Gasteiger partial charge >= 0.3 is 0 Å². The summed E-state index contributed by atoms with van der Waals surface area (Å²) in [6.07, 6.45) is 1.33. The average Bonchev–Trinajstić information content (AvgIpc) is 2.80. The molecule has 6 heteroatoms. The lowest BCUT2D eigenvalue weighted by Gasteiger charge is -2.29. The number of likely N-dealkylation sites (tertiary alicyclic amines) is 1. The van der Waals surface area contributed by atoms with Crippen LogP contribution in [0, 0.1) is 5.92 Å². The molecular weight excluding hydrogens is 258 g/mol. The molecule has 0 bridgehead atoms. The molecular formula is C14H25N3O3. The number of amides is 2. The number of ether oxygens (including phenoxy) is 1. The molecule has 0 spiro atoms. The van der Waals surface area contributed by atoms with Gasteiger partial charge in [-0.15, -0.1) is 0 Å². The molecule has 114 valence electrons. The van der Waals surface area contributed by atoms with Gasteiger partial charge in [-0.1, -0.05) is 0 Å². The predicted octanol–water partition coefficient (Wildman–Crippen LogP) is -0.355. The molecule has 0 aromatic carbocycles. The lowest BCUT2D eigenvalue weighted by Crippen LogP contribution is -2.44. The zero-order valence-electron chi connectivity index (χ0n) is 12.5. The Morgan fingerprint density at radius 1 is 1.35 bits per heavy atom. The quantitative estimate of drug-likeness (QED) is 0.692. The van der Waals surface area contributed by atoms with Gasteiger partial charge in [-0.05, 0) is 27.1 Å². The van der Waals surface area contributed by atoms with E-state index in [2.05, 4.69) is 4.90 Å². The number of rotatable bonds is 5. The van der Waals surface area contributed by atoms with Gasteiger partial charge in [0.05, 0.1) is 19.1 Å². The van der Waals surface area contributed by atoms with Crippen LogP contribution >= 0.6 is 0 Å². The third kappa shape index (κ3) is 3.93. The van der Waals surface area contributed by atoms with Crippen molar-refractivity contribution in [3.8, 4) is 0 Å². The summed E-state index contributed by atoms with van der Waals surface area (Å²) in [7, 11) is 4.05. The number of nitrogens with zero attached hydrogens (tertiary/aromatic N) is 3. The zero-order valence-corrected chi connectivity index (χ0v) is 12.5. The monoisotopic (exact) mass is 283 g/mol. The highest BCUT2D eigenvalue weighted by Crippen LogP contribution is 2.20. The maximum atomic E-state index is 12.4. The maximum absolute atomic E-state index is 12.4. The van der Waals surface area contributed by atoms with Gasteiger partial charge in [0, 0.05) is 32.6 Å². The average molecular weight is 283 g/mol. The zero-order chi connectivity index (χ0) is 14.5. The fourth-order valence-corrected chi connectivity index (χ4v) is 2.77. The minimum atomic E-state index is -0.153. The number of morpholine rings is 1. The lowest BCUT2D eigenvalue weighted by atomic mass is 10.1. The van der Waals surface area contributed by atoms with Gasteiger partial charge in [-0.2, -0.15) is 0 Å². The molecule has 20 heavy (non-hydrogen) atoms. The van der Waals surface area contributed by atoms with Crippen molar-refractivity contribution in [1.82, 2.24) is 14.7 Å².